The van der Waals surface area contributed by atoms with E-state index in [1.54, 1.807) is 0 Å². The van der Waals surface area contributed by atoms with Gasteiger partial charge in [-0.15, -0.1) is 0 Å². The van der Waals surface area contributed by atoms with Crippen LogP contribution >= 0.6 is 0 Å². The Hall–Kier alpha value is -3.68. The molecule has 3 heterocycles. The number of fused-ring (bicyclic) bond motifs is 1. The zero-order valence-corrected chi connectivity index (χ0v) is 18.6. The van der Waals surface area contributed by atoms with Crippen molar-refractivity contribution in [2.45, 2.75) is 44.8 Å². The van der Waals surface area contributed by atoms with E-state index in [2.05, 4.69) is 62.2 Å². The topological polar surface area (TPSA) is 95.1 Å². The van der Waals surface area contributed by atoms with Crippen LogP contribution in [0.25, 0.3) is 0 Å². The maximum Gasteiger partial charge on any atom is 0.242 e. The first-order chi connectivity index (χ1) is 16.2. The second kappa shape index (κ2) is 9.85. The highest BCUT2D eigenvalue weighted by molar-refractivity contribution is 5.84. The molecule has 0 bridgehead atoms. The predicted molar refractivity (Wildman–Crippen MR) is 129 cm³/mol. The highest BCUT2D eigenvalue weighted by Crippen LogP contribution is 2.24. The molecule has 1 amide bonds. The van der Waals surface area contributed by atoms with Crippen molar-refractivity contribution in [1.82, 2.24) is 20.3 Å². The fourth-order valence-corrected chi connectivity index (χ4v) is 4.33. The number of amides is 1. The fourth-order valence-electron chi connectivity index (χ4n) is 4.33. The third-order valence-electron chi connectivity index (χ3n) is 6.17. The molecule has 2 aliphatic heterocycles. The average Bonchev–Trinajstić information content (AvgIpc) is 3.07. The zero-order valence-electron chi connectivity index (χ0n) is 18.6. The van der Waals surface area contributed by atoms with Gasteiger partial charge in [0.1, 0.15) is 6.04 Å². The summed E-state index contributed by atoms with van der Waals surface area (Å²) in [6.45, 7) is 2.91. The van der Waals surface area contributed by atoms with Crippen LogP contribution < -0.4 is 20.9 Å². The molecule has 8 heteroatoms. The minimum absolute atomic E-state index is 0.000145. The Labute approximate surface area is 193 Å². The normalized spacial score (nSPS) is 18.1. The van der Waals surface area contributed by atoms with Gasteiger partial charge in [0.15, 0.2) is 0 Å². The molecule has 1 unspecified atom stereocenters. The molecule has 33 heavy (non-hydrogen) atoms. The summed E-state index contributed by atoms with van der Waals surface area (Å²) in [6, 6.07) is 18.3. The number of aromatic nitrogens is 3. The predicted octanol–water partition coefficient (Wildman–Crippen LogP) is 3.13. The maximum absolute atomic E-state index is 12.5. The van der Waals surface area contributed by atoms with E-state index in [1.807, 2.05) is 18.2 Å². The molecule has 0 spiro atoms. The van der Waals surface area contributed by atoms with Crippen LogP contribution in [0.1, 0.15) is 36.0 Å². The number of benzene rings is 2. The molecule has 8 nitrogen and oxygen atoms in total. The van der Waals surface area contributed by atoms with E-state index in [0.717, 1.165) is 50.9 Å². The van der Waals surface area contributed by atoms with E-state index in [4.69, 9.17) is 9.97 Å². The van der Waals surface area contributed by atoms with Gasteiger partial charge in [-0.05, 0) is 42.4 Å². The SMILES string of the molecule is O=C1NCCCCC1Nc1nc(NCc2ccccc2)nc(N2CCc3ccccc3C2)n1. The first-order valence-corrected chi connectivity index (χ1v) is 11.6. The van der Waals surface area contributed by atoms with Crippen LogP contribution in [0.4, 0.5) is 17.8 Å². The molecule has 170 valence electrons. The lowest BCUT2D eigenvalue weighted by molar-refractivity contribution is -0.121. The average molecular weight is 444 g/mol. The van der Waals surface area contributed by atoms with Crippen molar-refractivity contribution in [3.05, 3.63) is 71.3 Å². The molecule has 1 saturated heterocycles. The molecule has 1 aromatic heterocycles. The Morgan fingerprint density at radius 1 is 0.939 bits per heavy atom. The second-order valence-electron chi connectivity index (χ2n) is 8.55. The van der Waals surface area contributed by atoms with Gasteiger partial charge < -0.3 is 20.9 Å². The van der Waals surface area contributed by atoms with Crippen molar-refractivity contribution in [2.75, 3.05) is 28.6 Å². The first kappa shape index (κ1) is 21.2. The number of hydrogen-bond acceptors (Lipinski definition) is 7. The van der Waals surface area contributed by atoms with Crippen molar-refractivity contribution in [2.24, 2.45) is 0 Å². The summed E-state index contributed by atoms with van der Waals surface area (Å²) in [5, 5.41) is 9.56. The monoisotopic (exact) mass is 443 g/mol. The lowest BCUT2D eigenvalue weighted by atomic mass is 10.0. The number of rotatable bonds is 6. The van der Waals surface area contributed by atoms with Gasteiger partial charge >= 0.3 is 0 Å². The molecular formula is C25H29N7O. The number of hydrogen-bond donors (Lipinski definition) is 3. The smallest absolute Gasteiger partial charge is 0.242 e. The Morgan fingerprint density at radius 2 is 1.73 bits per heavy atom. The van der Waals surface area contributed by atoms with Gasteiger partial charge in [-0.3, -0.25) is 4.79 Å². The molecule has 0 aliphatic carbocycles. The molecule has 0 radical (unpaired) electrons. The Balaban J connectivity index is 1.40. The number of nitrogens with zero attached hydrogens (tertiary/aromatic N) is 4. The molecule has 2 aliphatic rings. The number of carbonyl (C=O) groups is 1. The van der Waals surface area contributed by atoms with E-state index in [1.165, 1.54) is 11.1 Å². The van der Waals surface area contributed by atoms with Crippen molar-refractivity contribution in [3.63, 3.8) is 0 Å². The van der Waals surface area contributed by atoms with E-state index in [9.17, 15) is 4.79 Å². The van der Waals surface area contributed by atoms with Gasteiger partial charge in [-0.2, -0.15) is 15.0 Å². The number of carbonyl (C=O) groups excluding carboxylic acids is 1. The lowest BCUT2D eigenvalue weighted by Gasteiger charge is -2.29. The first-order valence-electron chi connectivity index (χ1n) is 11.6. The highest BCUT2D eigenvalue weighted by Gasteiger charge is 2.24. The van der Waals surface area contributed by atoms with Crippen LogP contribution in [0.2, 0.25) is 0 Å². The van der Waals surface area contributed by atoms with E-state index < -0.39 is 0 Å². The van der Waals surface area contributed by atoms with Crippen molar-refractivity contribution >= 4 is 23.8 Å². The maximum atomic E-state index is 12.5. The molecule has 0 saturated carbocycles. The Kier molecular flexibility index (Phi) is 6.32. The summed E-state index contributed by atoms with van der Waals surface area (Å²) in [5.74, 6) is 1.54. The van der Waals surface area contributed by atoms with Gasteiger partial charge in [0.05, 0.1) is 0 Å². The molecule has 3 N–H and O–H groups in total. The van der Waals surface area contributed by atoms with Crippen LogP contribution in [0, 0.1) is 0 Å². The molecule has 3 aromatic rings. The van der Waals surface area contributed by atoms with E-state index in [-0.39, 0.29) is 11.9 Å². The van der Waals surface area contributed by atoms with Gasteiger partial charge in [-0.25, -0.2) is 0 Å². The molecule has 5 rings (SSSR count). The second-order valence-corrected chi connectivity index (χ2v) is 8.55. The largest absolute Gasteiger partial charge is 0.354 e. The van der Waals surface area contributed by atoms with Crippen molar-refractivity contribution in [3.8, 4) is 0 Å². The third kappa shape index (κ3) is 5.22. The number of nitrogens with one attached hydrogen (secondary N) is 3. The van der Waals surface area contributed by atoms with Gasteiger partial charge in [0.25, 0.3) is 0 Å². The highest BCUT2D eigenvalue weighted by atomic mass is 16.2. The third-order valence-corrected chi connectivity index (χ3v) is 6.17. The summed E-state index contributed by atoms with van der Waals surface area (Å²) < 4.78 is 0. The van der Waals surface area contributed by atoms with Crippen molar-refractivity contribution in [1.29, 1.82) is 0 Å². The molecular weight excluding hydrogens is 414 g/mol. The summed E-state index contributed by atoms with van der Waals surface area (Å²) >= 11 is 0. The fraction of sp³-hybridized carbons (Fsp3) is 0.360. The zero-order chi connectivity index (χ0) is 22.5. The summed E-state index contributed by atoms with van der Waals surface area (Å²) in [4.78, 5) is 28.7. The van der Waals surface area contributed by atoms with Crippen LogP contribution in [-0.4, -0.2) is 40.0 Å². The minimum Gasteiger partial charge on any atom is -0.354 e. The van der Waals surface area contributed by atoms with E-state index in [0.29, 0.717) is 24.4 Å². The van der Waals surface area contributed by atoms with E-state index >= 15 is 0 Å². The van der Waals surface area contributed by atoms with Crippen LogP contribution in [0.5, 0.6) is 0 Å². The summed E-state index contributed by atoms with van der Waals surface area (Å²) in [5.41, 5.74) is 3.81. The summed E-state index contributed by atoms with van der Waals surface area (Å²) in [6.07, 6.45) is 3.68. The van der Waals surface area contributed by atoms with Crippen molar-refractivity contribution < 1.29 is 4.79 Å². The van der Waals surface area contributed by atoms with Gasteiger partial charge in [-0.1, -0.05) is 54.6 Å². The Bertz CT molecular complexity index is 1100. The van der Waals surface area contributed by atoms with Crippen LogP contribution in [0.15, 0.2) is 54.6 Å². The minimum atomic E-state index is -0.341. The quantitative estimate of drug-likeness (QED) is 0.539. The standard InChI is InChI=1S/C25H29N7O/c33-22-21(12-6-7-14-26-22)28-24-29-23(27-16-18-8-2-1-3-9-18)30-25(31-24)32-15-13-19-10-4-5-11-20(19)17-32/h1-5,8-11,21H,6-7,12-17H2,(H,26,33)(H2,27,28,29,30,31). The Morgan fingerprint density at radius 3 is 2.61 bits per heavy atom. The van der Waals surface area contributed by atoms with Gasteiger partial charge in [0.2, 0.25) is 23.8 Å². The summed E-state index contributed by atoms with van der Waals surface area (Å²) in [7, 11) is 0. The molecule has 2 aromatic carbocycles. The van der Waals surface area contributed by atoms with Crippen LogP contribution in [0.3, 0.4) is 0 Å². The lowest BCUT2D eigenvalue weighted by Crippen LogP contribution is -2.38. The van der Waals surface area contributed by atoms with Crippen LogP contribution in [-0.2, 0) is 24.3 Å². The number of anilines is 3. The molecule has 1 atom stereocenters. The molecule has 1 fully saturated rings. The van der Waals surface area contributed by atoms with Gasteiger partial charge in [0, 0.05) is 26.2 Å².